The third kappa shape index (κ3) is 6.47. The monoisotopic (exact) mass is 343 g/mol. The van der Waals surface area contributed by atoms with Crippen LogP contribution in [0, 0.1) is 6.92 Å². The first kappa shape index (κ1) is 18.8. The minimum atomic E-state index is -0.0133. The van der Waals surface area contributed by atoms with Crippen LogP contribution < -0.4 is 19.7 Å². The van der Waals surface area contributed by atoms with Gasteiger partial charge in [0.15, 0.2) is 6.54 Å². The highest BCUT2D eigenvalue weighted by Gasteiger charge is 2.13. The van der Waals surface area contributed by atoms with Gasteiger partial charge < -0.3 is 19.7 Å². The topological polar surface area (TPSA) is 52.0 Å². The number of hydrogen-bond acceptors (Lipinski definition) is 3. The molecule has 0 aliphatic heterocycles. The highest BCUT2D eigenvalue weighted by molar-refractivity contribution is 5.91. The zero-order valence-corrected chi connectivity index (χ0v) is 15.2. The standard InChI is InChI=1S/C20H26N2O3/c1-4-22(11-12-25-19-10-5-7-16(2)13-19)15-20(23)21-17-8-6-9-18(14-17)24-3/h5-10,13-14H,4,11-12,15H2,1-3H3,(H,21,23)/p+1. The molecule has 5 heteroatoms. The van der Waals surface area contributed by atoms with Crippen LogP contribution in [0.25, 0.3) is 0 Å². The Labute approximate surface area is 149 Å². The molecule has 2 aromatic rings. The van der Waals surface area contributed by atoms with Gasteiger partial charge in [-0.1, -0.05) is 18.2 Å². The van der Waals surface area contributed by atoms with Gasteiger partial charge in [-0.2, -0.15) is 0 Å². The molecule has 0 heterocycles. The first-order valence-electron chi connectivity index (χ1n) is 8.57. The Bertz CT molecular complexity index is 688. The molecule has 25 heavy (non-hydrogen) atoms. The van der Waals surface area contributed by atoms with Gasteiger partial charge in [-0.3, -0.25) is 4.79 Å². The summed E-state index contributed by atoms with van der Waals surface area (Å²) in [5.74, 6) is 1.58. The summed E-state index contributed by atoms with van der Waals surface area (Å²) < 4.78 is 10.9. The Hall–Kier alpha value is -2.53. The molecule has 0 saturated carbocycles. The van der Waals surface area contributed by atoms with Crippen LogP contribution in [0.3, 0.4) is 0 Å². The molecule has 2 N–H and O–H groups in total. The molecule has 0 bridgehead atoms. The lowest BCUT2D eigenvalue weighted by atomic mass is 10.2. The van der Waals surface area contributed by atoms with Crippen molar-refractivity contribution in [2.24, 2.45) is 0 Å². The second-order valence-corrected chi connectivity index (χ2v) is 5.98. The number of anilines is 1. The van der Waals surface area contributed by atoms with Gasteiger partial charge in [-0.05, 0) is 43.7 Å². The predicted molar refractivity (Wildman–Crippen MR) is 99.5 cm³/mol. The van der Waals surface area contributed by atoms with Crippen molar-refractivity contribution in [3.05, 3.63) is 54.1 Å². The molecule has 2 rings (SSSR count). The molecule has 0 aliphatic rings. The van der Waals surface area contributed by atoms with E-state index in [0.717, 1.165) is 30.3 Å². The number of amides is 1. The summed E-state index contributed by atoms with van der Waals surface area (Å²) in [6, 6.07) is 15.4. The summed E-state index contributed by atoms with van der Waals surface area (Å²) >= 11 is 0. The molecule has 2 aromatic carbocycles. The molecule has 1 unspecified atom stereocenters. The SMILES string of the molecule is CC[NH+](CCOc1cccc(C)c1)CC(=O)Nc1cccc(OC)c1. The largest absolute Gasteiger partial charge is 0.497 e. The minimum Gasteiger partial charge on any atom is -0.497 e. The molecule has 0 saturated heterocycles. The Balaban J connectivity index is 1.79. The number of benzene rings is 2. The zero-order valence-electron chi connectivity index (χ0n) is 15.2. The van der Waals surface area contributed by atoms with Gasteiger partial charge in [-0.15, -0.1) is 0 Å². The van der Waals surface area contributed by atoms with Gasteiger partial charge in [0.1, 0.15) is 24.7 Å². The van der Waals surface area contributed by atoms with E-state index in [9.17, 15) is 4.79 Å². The number of likely N-dealkylation sites (N-methyl/N-ethyl adjacent to an activating group) is 1. The average Bonchev–Trinajstić information content (AvgIpc) is 2.61. The van der Waals surface area contributed by atoms with E-state index < -0.39 is 0 Å². The number of methoxy groups -OCH3 is 1. The van der Waals surface area contributed by atoms with Gasteiger partial charge in [0, 0.05) is 11.8 Å². The van der Waals surface area contributed by atoms with Gasteiger partial charge in [-0.25, -0.2) is 0 Å². The highest BCUT2D eigenvalue weighted by Crippen LogP contribution is 2.16. The fraction of sp³-hybridized carbons (Fsp3) is 0.350. The van der Waals surface area contributed by atoms with Crippen molar-refractivity contribution in [3.8, 4) is 11.5 Å². The van der Waals surface area contributed by atoms with Gasteiger partial charge >= 0.3 is 0 Å². The first-order chi connectivity index (χ1) is 12.1. The minimum absolute atomic E-state index is 0.0133. The Kier molecular flexibility index (Phi) is 7.29. The number of carbonyl (C=O) groups is 1. The highest BCUT2D eigenvalue weighted by atomic mass is 16.5. The maximum Gasteiger partial charge on any atom is 0.279 e. The average molecular weight is 343 g/mol. The van der Waals surface area contributed by atoms with Crippen molar-refractivity contribution in [2.45, 2.75) is 13.8 Å². The molecule has 0 fully saturated rings. The van der Waals surface area contributed by atoms with Crippen LogP contribution >= 0.6 is 0 Å². The van der Waals surface area contributed by atoms with E-state index in [0.29, 0.717) is 13.2 Å². The maximum absolute atomic E-state index is 12.2. The molecule has 134 valence electrons. The van der Waals surface area contributed by atoms with E-state index in [2.05, 4.69) is 12.2 Å². The van der Waals surface area contributed by atoms with Gasteiger partial charge in [0.2, 0.25) is 0 Å². The molecular weight excluding hydrogens is 316 g/mol. The number of quaternary nitrogens is 1. The van der Waals surface area contributed by atoms with Crippen LogP contribution in [0.4, 0.5) is 5.69 Å². The fourth-order valence-corrected chi connectivity index (χ4v) is 2.54. The Morgan fingerprint density at radius 3 is 2.60 bits per heavy atom. The molecule has 1 atom stereocenters. The van der Waals surface area contributed by atoms with E-state index in [4.69, 9.17) is 9.47 Å². The molecule has 5 nitrogen and oxygen atoms in total. The molecule has 0 spiro atoms. The van der Waals surface area contributed by atoms with E-state index >= 15 is 0 Å². The summed E-state index contributed by atoms with van der Waals surface area (Å²) in [6.45, 7) is 6.74. The fourth-order valence-electron chi connectivity index (χ4n) is 2.54. The smallest absolute Gasteiger partial charge is 0.279 e. The second kappa shape index (κ2) is 9.69. The van der Waals surface area contributed by atoms with Crippen molar-refractivity contribution in [1.82, 2.24) is 0 Å². The van der Waals surface area contributed by atoms with E-state index in [1.807, 2.05) is 55.5 Å². The Morgan fingerprint density at radius 1 is 1.12 bits per heavy atom. The quantitative estimate of drug-likeness (QED) is 0.731. The number of hydrogen-bond donors (Lipinski definition) is 2. The summed E-state index contributed by atoms with van der Waals surface area (Å²) in [6.07, 6.45) is 0. The second-order valence-electron chi connectivity index (χ2n) is 5.98. The lowest BCUT2D eigenvalue weighted by molar-refractivity contribution is -0.889. The van der Waals surface area contributed by atoms with Crippen LogP contribution in [0.1, 0.15) is 12.5 Å². The summed E-state index contributed by atoms with van der Waals surface area (Å²) in [7, 11) is 1.61. The van der Waals surface area contributed by atoms with Crippen molar-refractivity contribution >= 4 is 11.6 Å². The molecule has 0 radical (unpaired) electrons. The van der Waals surface area contributed by atoms with E-state index in [-0.39, 0.29) is 5.91 Å². The molecular formula is C20H27N2O3+. The molecule has 0 aromatic heterocycles. The predicted octanol–water partition coefficient (Wildman–Crippen LogP) is 1.93. The number of ether oxygens (including phenoxy) is 2. The van der Waals surface area contributed by atoms with Gasteiger partial charge in [0.25, 0.3) is 5.91 Å². The van der Waals surface area contributed by atoms with E-state index in [1.165, 1.54) is 10.5 Å². The van der Waals surface area contributed by atoms with Gasteiger partial charge in [0.05, 0.1) is 13.7 Å². The summed E-state index contributed by atoms with van der Waals surface area (Å²) in [4.78, 5) is 13.4. The molecule has 1 amide bonds. The van der Waals surface area contributed by atoms with Crippen LogP contribution in [0.15, 0.2) is 48.5 Å². The third-order valence-electron chi connectivity index (χ3n) is 3.98. The van der Waals surface area contributed by atoms with Crippen molar-refractivity contribution in [3.63, 3.8) is 0 Å². The zero-order chi connectivity index (χ0) is 18.1. The number of carbonyl (C=O) groups excluding carboxylic acids is 1. The van der Waals surface area contributed by atoms with Crippen LogP contribution in [0.5, 0.6) is 11.5 Å². The van der Waals surface area contributed by atoms with E-state index in [1.54, 1.807) is 7.11 Å². The van der Waals surface area contributed by atoms with Crippen molar-refractivity contribution < 1.29 is 19.2 Å². The lowest BCUT2D eigenvalue weighted by Crippen LogP contribution is -3.13. The van der Waals surface area contributed by atoms with Crippen LogP contribution in [0.2, 0.25) is 0 Å². The maximum atomic E-state index is 12.2. The number of rotatable bonds is 9. The van der Waals surface area contributed by atoms with Crippen LogP contribution in [-0.2, 0) is 4.79 Å². The summed E-state index contributed by atoms with van der Waals surface area (Å²) in [5.41, 5.74) is 1.92. The third-order valence-corrected chi connectivity index (χ3v) is 3.98. The van der Waals surface area contributed by atoms with Crippen molar-refractivity contribution in [1.29, 1.82) is 0 Å². The summed E-state index contributed by atoms with van der Waals surface area (Å²) in [5, 5.41) is 2.92. The normalized spacial score (nSPS) is 11.6. The van der Waals surface area contributed by atoms with Crippen LogP contribution in [-0.4, -0.2) is 39.3 Å². The van der Waals surface area contributed by atoms with Crippen molar-refractivity contribution in [2.75, 3.05) is 38.7 Å². The first-order valence-corrected chi connectivity index (χ1v) is 8.57. The number of nitrogens with one attached hydrogen (secondary N) is 2. The lowest BCUT2D eigenvalue weighted by Gasteiger charge is -2.17. The Morgan fingerprint density at radius 2 is 1.88 bits per heavy atom. The number of aryl methyl sites for hydroxylation is 1. The molecule has 0 aliphatic carbocycles.